The van der Waals surface area contributed by atoms with Gasteiger partial charge in [0, 0.05) is 32.2 Å². The fraction of sp³-hybridized carbons (Fsp3) is 0.727. The molecule has 9 heteroatoms. The van der Waals surface area contributed by atoms with E-state index in [0.29, 0.717) is 31.9 Å². The zero-order valence-corrected chi connectivity index (χ0v) is 12.7. The summed E-state index contributed by atoms with van der Waals surface area (Å²) in [5.74, 6) is -0.156. The Balaban J connectivity index is 2.12. The monoisotopic (exact) mass is 301 g/mol. The first-order chi connectivity index (χ1) is 9.34. The van der Waals surface area contributed by atoms with E-state index >= 15 is 0 Å². The lowest BCUT2D eigenvalue weighted by atomic mass is 10.2. The molecule has 8 nitrogen and oxygen atoms in total. The summed E-state index contributed by atoms with van der Waals surface area (Å²) in [6, 6.07) is -0.228. The van der Waals surface area contributed by atoms with E-state index in [1.807, 2.05) is 6.92 Å². The summed E-state index contributed by atoms with van der Waals surface area (Å²) in [4.78, 5) is 14.0. The van der Waals surface area contributed by atoms with Crippen LogP contribution in [-0.4, -0.2) is 70.5 Å². The summed E-state index contributed by atoms with van der Waals surface area (Å²) in [6.07, 6.45) is 2.64. The van der Waals surface area contributed by atoms with Crippen molar-refractivity contribution >= 4 is 15.9 Å². The van der Waals surface area contributed by atoms with E-state index in [2.05, 4.69) is 10.3 Å². The molecule has 1 saturated heterocycles. The Kier molecular flexibility index (Phi) is 4.09. The van der Waals surface area contributed by atoms with E-state index in [0.717, 1.165) is 0 Å². The van der Waals surface area contributed by atoms with E-state index in [-0.39, 0.29) is 11.9 Å². The molecule has 1 aliphatic rings. The molecule has 0 aliphatic carbocycles. The van der Waals surface area contributed by atoms with Gasteiger partial charge in [-0.25, -0.2) is 13.1 Å². The van der Waals surface area contributed by atoms with E-state index in [1.54, 1.807) is 11.8 Å². The lowest BCUT2D eigenvalue weighted by Gasteiger charge is -2.38. The maximum absolute atomic E-state index is 12.4. The molecule has 20 heavy (non-hydrogen) atoms. The van der Waals surface area contributed by atoms with Gasteiger partial charge in [-0.1, -0.05) is 5.21 Å². The van der Waals surface area contributed by atoms with Gasteiger partial charge in [0.2, 0.25) is 10.0 Å². The highest BCUT2D eigenvalue weighted by Crippen LogP contribution is 2.15. The second-order valence-electron chi connectivity index (χ2n) is 4.91. The molecule has 1 atom stereocenters. The number of rotatable bonds is 3. The second kappa shape index (κ2) is 5.49. The van der Waals surface area contributed by atoms with Crippen LogP contribution >= 0.6 is 0 Å². The Labute approximate surface area is 118 Å². The van der Waals surface area contributed by atoms with Crippen LogP contribution in [0.2, 0.25) is 0 Å². The van der Waals surface area contributed by atoms with Crippen molar-refractivity contribution in [2.24, 2.45) is 0 Å². The number of carbonyl (C=O) groups is 1. The van der Waals surface area contributed by atoms with E-state index in [4.69, 9.17) is 0 Å². The smallest absolute Gasteiger partial charge is 0.273 e. The highest BCUT2D eigenvalue weighted by atomic mass is 32.2. The van der Waals surface area contributed by atoms with Gasteiger partial charge < -0.3 is 4.90 Å². The third kappa shape index (κ3) is 2.83. The van der Waals surface area contributed by atoms with Gasteiger partial charge in [-0.3, -0.25) is 4.79 Å². The Bertz CT molecular complexity index is 597. The zero-order valence-electron chi connectivity index (χ0n) is 11.9. The van der Waals surface area contributed by atoms with Crippen LogP contribution < -0.4 is 0 Å². The van der Waals surface area contributed by atoms with Crippen LogP contribution in [0.3, 0.4) is 0 Å². The number of nitrogens with zero attached hydrogens (tertiary/aromatic N) is 5. The molecule has 0 spiro atoms. The molecule has 1 aromatic rings. The first-order valence-corrected chi connectivity index (χ1v) is 8.34. The SMILES string of the molecule is CCn1nncc1C(=O)N1CCN(S(C)(=O)=O)[C@@H](C)C1. The maximum Gasteiger partial charge on any atom is 0.273 e. The molecular formula is C11H19N5O3S. The fourth-order valence-corrected chi connectivity index (χ4v) is 3.57. The highest BCUT2D eigenvalue weighted by Gasteiger charge is 2.33. The Morgan fingerprint density at radius 1 is 1.45 bits per heavy atom. The highest BCUT2D eigenvalue weighted by molar-refractivity contribution is 7.88. The molecule has 0 saturated carbocycles. The van der Waals surface area contributed by atoms with Crippen molar-refractivity contribution < 1.29 is 13.2 Å². The van der Waals surface area contributed by atoms with Crippen molar-refractivity contribution in [3.8, 4) is 0 Å². The number of hydrogen-bond acceptors (Lipinski definition) is 5. The molecule has 0 bridgehead atoms. The Morgan fingerprint density at radius 2 is 2.15 bits per heavy atom. The largest absolute Gasteiger partial charge is 0.334 e. The molecule has 1 fully saturated rings. The van der Waals surface area contributed by atoms with Crippen LogP contribution in [0.25, 0.3) is 0 Å². The number of carbonyl (C=O) groups excluding carboxylic acids is 1. The Hall–Kier alpha value is -1.48. The molecule has 0 unspecified atom stereocenters. The summed E-state index contributed by atoms with van der Waals surface area (Å²) in [6.45, 7) is 5.33. The molecule has 1 amide bonds. The van der Waals surface area contributed by atoms with E-state index < -0.39 is 10.0 Å². The summed E-state index contributed by atoms with van der Waals surface area (Å²) in [7, 11) is -3.23. The van der Waals surface area contributed by atoms with Crippen LogP contribution in [0, 0.1) is 0 Å². The molecular weight excluding hydrogens is 282 g/mol. The average Bonchev–Trinajstić information content (AvgIpc) is 2.84. The van der Waals surface area contributed by atoms with Crippen molar-refractivity contribution in [1.29, 1.82) is 0 Å². The molecule has 2 heterocycles. The zero-order chi connectivity index (χ0) is 14.9. The predicted octanol–water partition coefficient (Wildman–Crippen LogP) is -0.596. The number of piperazine rings is 1. The number of hydrogen-bond donors (Lipinski definition) is 0. The van der Waals surface area contributed by atoms with Gasteiger partial charge in [-0.05, 0) is 13.8 Å². The van der Waals surface area contributed by atoms with E-state index in [9.17, 15) is 13.2 Å². The van der Waals surface area contributed by atoms with Crippen molar-refractivity contribution in [1.82, 2.24) is 24.2 Å². The summed E-state index contributed by atoms with van der Waals surface area (Å²) >= 11 is 0. The van der Waals surface area contributed by atoms with Gasteiger partial charge in [-0.2, -0.15) is 4.31 Å². The third-order valence-electron chi connectivity index (χ3n) is 3.42. The number of amides is 1. The van der Waals surface area contributed by atoms with Gasteiger partial charge in [0.25, 0.3) is 5.91 Å². The standard InChI is InChI=1S/C11H19N5O3S/c1-4-15-10(7-12-13-15)11(17)14-5-6-16(9(2)8-14)20(3,18)19/h7,9H,4-6,8H2,1-3H3/t9-/m0/s1. The first-order valence-electron chi connectivity index (χ1n) is 6.49. The topological polar surface area (TPSA) is 88.4 Å². The molecule has 1 aliphatic heterocycles. The fourth-order valence-electron chi connectivity index (χ4n) is 2.44. The second-order valence-corrected chi connectivity index (χ2v) is 6.84. The van der Waals surface area contributed by atoms with Crippen LogP contribution in [0.4, 0.5) is 0 Å². The van der Waals surface area contributed by atoms with Crippen LogP contribution in [0.1, 0.15) is 24.3 Å². The minimum atomic E-state index is -3.23. The summed E-state index contributed by atoms with van der Waals surface area (Å²) < 4.78 is 26.2. The van der Waals surface area contributed by atoms with Crippen molar-refractivity contribution in [3.05, 3.63) is 11.9 Å². The first kappa shape index (κ1) is 14.9. The molecule has 0 N–H and O–H groups in total. The van der Waals surface area contributed by atoms with Gasteiger partial charge in [-0.15, -0.1) is 5.10 Å². The average molecular weight is 301 g/mol. The summed E-state index contributed by atoms with van der Waals surface area (Å²) in [5.41, 5.74) is 0.438. The molecule has 0 aromatic carbocycles. The maximum atomic E-state index is 12.4. The molecule has 1 aromatic heterocycles. The summed E-state index contributed by atoms with van der Waals surface area (Å²) in [5, 5.41) is 7.58. The number of aryl methyl sites for hydroxylation is 1. The van der Waals surface area contributed by atoms with Crippen molar-refractivity contribution in [2.45, 2.75) is 26.4 Å². The van der Waals surface area contributed by atoms with Gasteiger partial charge >= 0.3 is 0 Å². The third-order valence-corrected chi connectivity index (χ3v) is 4.81. The normalized spacial score (nSPS) is 21.1. The molecule has 112 valence electrons. The number of sulfonamides is 1. The molecule has 0 radical (unpaired) electrons. The lowest BCUT2D eigenvalue weighted by Crippen LogP contribution is -2.55. The van der Waals surface area contributed by atoms with E-state index in [1.165, 1.54) is 21.4 Å². The minimum Gasteiger partial charge on any atom is -0.334 e. The van der Waals surface area contributed by atoms with Crippen LogP contribution in [0.5, 0.6) is 0 Å². The van der Waals surface area contributed by atoms with Gasteiger partial charge in [0.15, 0.2) is 0 Å². The predicted molar refractivity (Wildman–Crippen MR) is 72.6 cm³/mol. The quantitative estimate of drug-likeness (QED) is 0.744. The van der Waals surface area contributed by atoms with Crippen LogP contribution in [0.15, 0.2) is 6.20 Å². The lowest BCUT2D eigenvalue weighted by molar-refractivity contribution is 0.0630. The van der Waals surface area contributed by atoms with Gasteiger partial charge in [0.05, 0.1) is 12.5 Å². The number of aromatic nitrogens is 3. The van der Waals surface area contributed by atoms with Gasteiger partial charge in [0.1, 0.15) is 5.69 Å². The van der Waals surface area contributed by atoms with Crippen LogP contribution in [-0.2, 0) is 16.6 Å². The minimum absolute atomic E-state index is 0.156. The van der Waals surface area contributed by atoms with Crippen molar-refractivity contribution in [2.75, 3.05) is 25.9 Å². The van der Waals surface area contributed by atoms with Crippen molar-refractivity contribution in [3.63, 3.8) is 0 Å². The molecule has 2 rings (SSSR count). The Morgan fingerprint density at radius 3 is 2.70 bits per heavy atom.